The molecule has 4 rings (SSSR count). The van der Waals surface area contributed by atoms with Gasteiger partial charge in [-0.05, 0) is 41.5 Å². The second-order valence-corrected chi connectivity index (χ2v) is 11.3. The van der Waals surface area contributed by atoms with E-state index in [1.54, 1.807) is 6.20 Å². The zero-order valence-corrected chi connectivity index (χ0v) is 21.9. The van der Waals surface area contributed by atoms with Gasteiger partial charge in [0.1, 0.15) is 4.32 Å². The van der Waals surface area contributed by atoms with Crippen LogP contribution in [0.3, 0.4) is 0 Å². The lowest BCUT2D eigenvalue weighted by molar-refractivity contribution is -0.122. The first-order valence-electron chi connectivity index (χ1n) is 9.87. The van der Waals surface area contributed by atoms with E-state index < -0.39 is 0 Å². The minimum atomic E-state index is -0.215. The Morgan fingerprint density at radius 2 is 2.03 bits per heavy atom. The van der Waals surface area contributed by atoms with Crippen molar-refractivity contribution >= 4 is 90.2 Å². The smallest absolute Gasteiger partial charge is 0.266 e. The van der Waals surface area contributed by atoms with Crippen LogP contribution in [-0.2, 0) is 16.0 Å². The molecule has 1 fully saturated rings. The third-order valence-corrected chi connectivity index (χ3v) is 7.71. The molecule has 33 heavy (non-hydrogen) atoms. The van der Waals surface area contributed by atoms with Crippen LogP contribution >= 0.6 is 62.8 Å². The lowest BCUT2D eigenvalue weighted by Crippen LogP contribution is -2.31. The lowest BCUT2D eigenvalue weighted by atomic mass is 10.1. The number of thioether (sulfide) groups is 1. The van der Waals surface area contributed by atoms with Gasteiger partial charge in [-0.3, -0.25) is 14.5 Å². The molecular weight excluding hydrogens is 562 g/mol. The largest absolute Gasteiger partial charge is 0.302 e. The highest BCUT2D eigenvalue weighted by molar-refractivity contribution is 9.10. The summed E-state index contributed by atoms with van der Waals surface area (Å²) in [6, 6.07) is 15.3. The van der Waals surface area contributed by atoms with Crippen molar-refractivity contribution in [1.82, 2.24) is 9.88 Å². The normalized spacial score (nSPS) is 14.8. The van der Waals surface area contributed by atoms with E-state index >= 15 is 0 Å². The molecule has 3 aromatic rings. The fourth-order valence-electron chi connectivity index (χ4n) is 3.09. The number of hydrogen-bond donors (Lipinski definition) is 1. The summed E-state index contributed by atoms with van der Waals surface area (Å²) in [5, 5.41) is 4.03. The quantitative estimate of drug-likeness (QED) is 0.260. The summed E-state index contributed by atoms with van der Waals surface area (Å²) in [4.78, 5) is 32.5. The monoisotopic (exact) mass is 577 g/mol. The molecule has 1 aromatic heterocycles. The number of carbonyl (C=O) groups is 2. The van der Waals surface area contributed by atoms with Crippen LogP contribution < -0.4 is 5.32 Å². The molecule has 10 heteroatoms. The molecule has 168 valence electrons. The number of nitrogens with zero attached hydrogens (tertiary/aromatic N) is 2. The van der Waals surface area contributed by atoms with Crippen molar-refractivity contribution in [1.29, 1.82) is 0 Å². The van der Waals surface area contributed by atoms with Gasteiger partial charge in [0.2, 0.25) is 5.91 Å². The number of benzene rings is 2. The second kappa shape index (κ2) is 10.9. The first-order valence-corrected chi connectivity index (χ1v) is 13.1. The van der Waals surface area contributed by atoms with Gasteiger partial charge in [0.05, 0.1) is 4.91 Å². The number of rotatable bonds is 7. The molecule has 2 aromatic carbocycles. The van der Waals surface area contributed by atoms with Crippen LogP contribution in [0.2, 0.25) is 5.02 Å². The van der Waals surface area contributed by atoms with Crippen molar-refractivity contribution in [2.45, 2.75) is 12.8 Å². The average Bonchev–Trinajstić information content (AvgIpc) is 3.31. The summed E-state index contributed by atoms with van der Waals surface area (Å²) in [6.07, 6.45) is 4.40. The maximum absolute atomic E-state index is 12.8. The van der Waals surface area contributed by atoms with Crippen molar-refractivity contribution < 1.29 is 9.59 Å². The van der Waals surface area contributed by atoms with Crippen LogP contribution in [0, 0.1) is 0 Å². The minimum absolute atomic E-state index is 0.128. The second-order valence-electron chi connectivity index (χ2n) is 7.12. The van der Waals surface area contributed by atoms with Crippen LogP contribution in [-0.4, -0.2) is 32.6 Å². The summed E-state index contributed by atoms with van der Waals surface area (Å²) in [5.41, 5.74) is 2.02. The Kier molecular flexibility index (Phi) is 7.98. The highest BCUT2D eigenvalue weighted by Crippen LogP contribution is 2.33. The molecule has 2 amide bonds. The van der Waals surface area contributed by atoms with Gasteiger partial charge in [-0.1, -0.05) is 75.8 Å². The van der Waals surface area contributed by atoms with E-state index in [0.29, 0.717) is 25.8 Å². The van der Waals surface area contributed by atoms with Crippen LogP contribution in [0.15, 0.2) is 64.1 Å². The van der Waals surface area contributed by atoms with Crippen LogP contribution in [0.25, 0.3) is 6.08 Å². The first-order chi connectivity index (χ1) is 15.9. The number of thiocarbonyl (C=S) groups is 1. The molecule has 0 radical (unpaired) electrons. The summed E-state index contributed by atoms with van der Waals surface area (Å²) in [7, 11) is 0. The van der Waals surface area contributed by atoms with E-state index in [1.165, 1.54) is 28.0 Å². The van der Waals surface area contributed by atoms with Gasteiger partial charge < -0.3 is 5.32 Å². The predicted octanol–water partition coefficient (Wildman–Crippen LogP) is 6.38. The van der Waals surface area contributed by atoms with Crippen LogP contribution in [0.4, 0.5) is 5.13 Å². The van der Waals surface area contributed by atoms with Crippen LogP contribution in [0.1, 0.15) is 22.4 Å². The van der Waals surface area contributed by atoms with Gasteiger partial charge in [0, 0.05) is 40.0 Å². The van der Waals surface area contributed by atoms with E-state index in [4.69, 9.17) is 23.8 Å². The molecular formula is C23H17BrClN3O2S3. The summed E-state index contributed by atoms with van der Waals surface area (Å²) < 4.78 is 1.38. The lowest BCUT2D eigenvalue weighted by Gasteiger charge is -2.13. The van der Waals surface area contributed by atoms with E-state index in [-0.39, 0.29) is 24.8 Å². The molecule has 1 aliphatic rings. The molecule has 0 aliphatic carbocycles. The topological polar surface area (TPSA) is 62.3 Å². The molecule has 0 spiro atoms. The van der Waals surface area contributed by atoms with Gasteiger partial charge >= 0.3 is 0 Å². The Morgan fingerprint density at radius 1 is 1.24 bits per heavy atom. The van der Waals surface area contributed by atoms with E-state index in [0.717, 1.165) is 20.5 Å². The number of aromatic nitrogens is 1. The fourth-order valence-corrected chi connectivity index (χ4v) is 5.80. The molecule has 5 nitrogen and oxygen atoms in total. The number of amides is 2. The molecule has 0 atom stereocenters. The molecule has 1 N–H and O–H groups in total. The SMILES string of the molecule is O=C(CCN1C(=O)C(=Cc2cccc(Br)c2)SC1=S)Nc1ncc(Cc2ccc(Cl)cc2)s1. The number of anilines is 1. The Morgan fingerprint density at radius 3 is 2.79 bits per heavy atom. The summed E-state index contributed by atoms with van der Waals surface area (Å²) in [6.45, 7) is 0.218. The highest BCUT2D eigenvalue weighted by atomic mass is 79.9. The standard InChI is InChI=1S/C23H17BrClN3O2S3/c24-16-3-1-2-15(10-16)12-19-21(30)28(23(31)33-19)9-8-20(29)27-22-26-13-18(32-22)11-14-4-6-17(25)7-5-14/h1-7,10,12-13H,8-9,11H2,(H,26,27,29). The van der Waals surface area contributed by atoms with Crippen molar-refractivity contribution in [3.63, 3.8) is 0 Å². The number of halogens is 2. The van der Waals surface area contributed by atoms with Gasteiger partial charge in [-0.2, -0.15) is 0 Å². The fraction of sp³-hybridized carbons (Fsp3) is 0.130. The van der Waals surface area contributed by atoms with E-state index in [1.807, 2.05) is 54.6 Å². The Balaban J connectivity index is 1.31. The van der Waals surface area contributed by atoms with Gasteiger partial charge in [0.15, 0.2) is 5.13 Å². The number of carbonyl (C=O) groups excluding carboxylic acids is 2. The molecule has 0 bridgehead atoms. The van der Waals surface area contributed by atoms with Crippen molar-refractivity contribution in [2.24, 2.45) is 0 Å². The third-order valence-electron chi connectivity index (χ3n) is 4.67. The average molecular weight is 579 g/mol. The Labute approximate surface area is 218 Å². The molecule has 0 unspecified atom stereocenters. The minimum Gasteiger partial charge on any atom is -0.302 e. The number of thiazole rings is 1. The Bertz CT molecular complexity index is 1240. The molecule has 1 saturated heterocycles. The molecule has 2 heterocycles. The van der Waals surface area contributed by atoms with Gasteiger partial charge in [0.25, 0.3) is 5.91 Å². The molecule has 0 saturated carbocycles. The van der Waals surface area contributed by atoms with Gasteiger partial charge in [-0.25, -0.2) is 4.98 Å². The van der Waals surface area contributed by atoms with E-state index in [2.05, 4.69) is 26.2 Å². The maximum Gasteiger partial charge on any atom is 0.266 e. The van der Waals surface area contributed by atoms with E-state index in [9.17, 15) is 9.59 Å². The van der Waals surface area contributed by atoms with Crippen molar-refractivity contribution in [2.75, 3.05) is 11.9 Å². The van der Waals surface area contributed by atoms with Crippen molar-refractivity contribution in [3.8, 4) is 0 Å². The number of nitrogens with one attached hydrogen (secondary N) is 1. The van der Waals surface area contributed by atoms with Crippen molar-refractivity contribution in [3.05, 3.63) is 85.1 Å². The zero-order chi connectivity index (χ0) is 23.4. The first kappa shape index (κ1) is 24.1. The number of hydrogen-bond acceptors (Lipinski definition) is 6. The predicted molar refractivity (Wildman–Crippen MR) is 144 cm³/mol. The molecule has 1 aliphatic heterocycles. The third kappa shape index (κ3) is 6.51. The summed E-state index contributed by atoms with van der Waals surface area (Å²) in [5.74, 6) is -0.398. The van der Waals surface area contributed by atoms with Gasteiger partial charge in [-0.15, -0.1) is 11.3 Å². The maximum atomic E-state index is 12.8. The Hall–Kier alpha value is -2.04. The highest BCUT2D eigenvalue weighted by Gasteiger charge is 2.32. The van der Waals surface area contributed by atoms with Crippen LogP contribution in [0.5, 0.6) is 0 Å². The zero-order valence-electron chi connectivity index (χ0n) is 17.1. The summed E-state index contributed by atoms with van der Waals surface area (Å²) >= 11 is 17.4.